The number of carbonyl (C=O) groups is 4. The highest BCUT2D eigenvalue weighted by Crippen LogP contribution is 2.69. The van der Waals surface area contributed by atoms with E-state index in [2.05, 4.69) is 27.7 Å². The number of fused-ring (bicyclic) bond motifs is 5. The fourth-order valence-electron chi connectivity index (χ4n) is 11.2. The van der Waals surface area contributed by atoms with Crippen LogP contribution in [0, 0.1) is 46.3 Å². The molecule has 52 heavy (non-hydrogen) atoms. The molecule has 298 valence electrons. The van der Waals surface area contributed by atoms with E-state index >= 15 is 0 Å². The molecule has 4 aliphatic carbocycles. The molecule has 4 saturated carbocycles. The summed E-state index contributed by atoms with van der Waals surface area (Å²) in [5, 5.41) is 0. The summed E-state index contributed by atoms with van der Waals surface area (Å²) in [5.41, 5.74) is 16.7. The second-order valence-electron chi connectivity index (χ2n) is 17.0. The van der Waals surface area contributed by atoms with E-state index in [0.29, 0.717) is 51.7 Å². The van der Waals surface area contributed by atoms with Gasteiger partial charge in [-0.3, -0.25) is 19.2 Å². The topological polar surface area (TPSA) is 183 Å². The van der Waals surface area contributed by atoms with Crippen LogP contribution in [-0.4, -0.2) is 68.4 Å². The maximum atomic E-state index is 13.3. The molecule has 11 atom stereocenters. The van der Waals surface area contributed by atoms with E-state index in [1.165, 1.54) is 19.3 Å². The number of carbonyl (C=O) groups excluding carboxylic acids is 4. The van der Waals surface area contributed by atoms with E-state index in [9.17, 15) is 19.2 Å². The molecule has 0 saturated heterocycles. The fourth-order valence-corrected chi connectivity index (χ4v) is 11.2. The average Bonchev–Trinajstić information content (AvgIpc) is 3.47. The molecule has 0 aliphatic heterocycles. The van der Waals surface area contributed by atoms with Gasteiger partial charge >= 0.3 is 23.9 Å². The predicted molar refractivity (Wildman–Crippen MR) is 199 cm³/mol. The molecule has 0 bridgehead atoms. The molecule has 4 fully saturated rings. The van der Waals surface area contributed by atoms with Crippen LogP contribution in [0.2, 0.25) is 0 Å². The van der Waals surface area contributed by atoms with E-state index < -0.39 is 0 Å². The van der Waals surface area contributed by atoms with Gasteiger partial charge in [0.1, 0.15) is 18.3 Å². The molecule has 0 aromatic carbocycles. The quantitative estimate of drug-likeness (QED) is 0.0762. The van der Waals surface area contributed by atoms with Crippen LogP contribution in [0.3, 0.4) is 0 Å². The van der Waals surface area contributed by atoms with Crippen molar-refractivity contribution < 1.29 is 38.1 Å². The van der Waals surface area contributed by atoms with Crippen LogP contribution in [0.25, 0.3) is 0 Å². The molecular weight excluding hydrogens is 662 g/mol. The Hall–Kier alpha value is -2.24. The highest BCUT2D eigenvalue weighted by Gasteiger charge is 2.67. The van der Waals surface area contributed by atoms with Crippen LogP contribution >= 0.6 is 0 Å². The van der Waals surface area contributed by atoms with Gasteiger partial charge in [-0.1, -0.05) is 53.4 Å². The highest BCUT2D eigenvalue weighted by atomic mass is 16.6. The van der Waals surface area contributed by atoms with Crippen molar-refractivity contribution in [2.45, 2.75) is 162 Å². The summed E-state index contributed by atoms with van der Waals surface area (Å²) >= 11 is 0. The van der Waals surface area contributed by atoms with Crippen molar-refractivity contribution in [1.29, 1.82) is 0 Å². The lowest BCUT2D eigenvalue weighted by atomic mass is 9.43. The Bertz CT molecular complexity index is 1180. The van der Waals surface area contributed by atoms with Crippen LogP contribution in [-0.2, 0) is 38.1 Å². The van der Waals surface area contributed by atoms with Gasteiger partial charge in [-0.25, -0.2) is 0 Å². The van der Waals surface area contributed by atoms with E-state index in [-0.39, 0.29) is 121 Å². The Kier molecular flexibility index (Phi) is 16.3. The number of esters is 4. The van der Waals surface area contributed by atoms with Gasteiger partial charge in [0.2, 0.25) is 0 Å². The Morgan fingerprint density at radius 1 is 0.712 bits per heavy atom. The molecule has 0 spiro atoms. The standard InChI is InChI=1S/C41H71N3O8/c1-5-6-7-8-9-23-49-35(45)15-12-27(2)30-13-14-31-39-32(26-34(41(30,31)4)52-38(48)18-22-44)40(3)19-16-29(50-37(47)17-21-43)24-28(40)25-33(39)51-36(46)11-10-20-42/h27-34,39H,5-26,42-44H2,1-4H3/t27-,28+,29-,30-,31+,32+,33-,34+,39+,40+,41-/m1/s1. The molecule has 0 aromatic heterocycles. The van der Waals surface area contributed by atoms with Gasteiger partial charge in [-0.15, -0.1) is 0 Å². The molecule has 11 heteroatoms. The summed E-state index contributed by atoms with van der Waals surface area (Å²) in [5.74, 6) is 0.0995. The molecule has 4 rings (SSSR count). The molecule has 0 heterocycles. The van der Waals surface area contributed by atoms with Crippen molar-refractivity contribution in [1.82, 2.24) is 0 Å². The van der Waals surface area contributed by atoms with Gasteiger partial charge in [0.05, 0.1) is 19.4 Å². The lowest BCUT2D eigenvalue weighted by Crippen LogP contribution is -2.63. The first kappa shape index (κ1) is 42.5. The molecule has 0 unspecified atom stereocenters. The van der Waals surface area contributed by atoms with Gasteiger partial charge < -0.3 is 36.1 Å². The number of unbranched alkanes of at least 4 members (excludes halogenated alkanes) is 4. The van der Waals surface area contributed by atoms with Gasteiger partial charge in [-0.2, -0.15) is 0 Å². The zero-order chi connectivity index (χ0) is 37.9. The number of ether oxygens (including phenoxy) is 4. The van der Waals surface area contributed by atoms with E-state index in [4.69, 9.17) is 36.1 Å². The van der Waals surface area contributed by atoms with Crippen LogP contribution in [0.1, 0.15) is 143 Å². The van der Waals surface area contributed by atoms with Crippen LogP contribution in [0.4, 0.5) is 0 Å². The second kappa shape index (κ2) is 19.9. The Labute approximate surface area is 312 Å². The lowest BCUT2D eigenvalue weighted by Gasteiger charge is -2.64. The zero-order valence-electron chi connectivity index (χ0n) is 32.8. The Morgan fingerprint density at radius 3 is 2.10 bits per heavy atom. The fraction of sp³-hybridized carbons (Fsp3) is 0.902. The molecular formula is C41H71N3O8. The minimum absolute atomic E-state index is 0.101. The monoisotopic (exact) mass is 734 g/mol. The van der Waals surface area contributed by atoms with E-state index in [1.54, 1.807) is 0 Å². The maximum absolute atomic E-state index is 13.3. The van der Waals surface area contributed by atoms with Gasteiger partial charge in [0, 0.05) is 37.3 Å². The molecule has 6 N–H and O–H groups in total. The maximum Gasteiger partial charge on any atom is 0.307 e. The molecule has 4 aliphatic rings. The summed E-state index contributed by atoms with van der Waals surface area (Å²) in [4.78, 5) is 51.8. The Balaban J connectivity index is 1.59. The largest absolute Gasteiger partial charge is 0.466 e. The smallest absolute Gasteiger partial charge is 0.307 e. The van der Waals surface area contributed by atoms with Gasteiger partial charge in [0.25, 0.3) is 0 Å². The van der Waals surface area contributed by atoms with E-state index in [0.717, 1.165) is 38.5 Å². The van der Waals surface area contributed by atoms with Crippen molar-refractivity contribution in [3.63, 3.8) is 0 Å². The zero-order valence-corrected chi connectivity index (χ0v) is 32.8. The van der Waals surface area contributed by atoms with Gasteiger partial charge in [-0.05, 0) is 106 Å². The summed E-state index contributed by atoms with van der Waals surface area (Å²) in [6, 6.07) is 0. The van der Waals surface area contributed by atoms with Crippen LogP contribution < -0.4 is 17.2 Å². The predicted octanol–water partition coefficient (Wildman–Crippen LogP) is 5.97. The molecule has 0 aromatic rings. The van der Waals surface area contributed by atoms with Crippen molar-refractivity contribution in [3.8, 4) is 0 Å². The Morgan fingerprint density at radius 2 is 1.40 bits per heavy atom. The summed E-state index contributed by atoms with van der Waals surface area (Å²) in [6.07, 6.45) is 12.7. The summed E-state index contributed by atoms with van der Waals surface area (Å²) < 4.78 is 24.4. The van der Waals surface area contributed by atoms with Crippen molar-refractivity contribution in [3.05, 3.63) is 0 Å². The third kappa shape index (κ3) is 10.1. The van der Waals surface area contributed by atoms with Crippen molar-refractivity contribution in [2.75, 3.05) is 26.2 Å². The minimum Gasteiger partial charge on any atom is -0.466 e. The number of hydrogen-bond donors (Lipinski definition) is 3. The lowest BCUT2D eigenvalue weighted by molar-refractivity contribution is -0.225. The van der Waals surface area contributed by atoms with Gasteiger partial charge in [0.15, 0.2) is 0 Å². The first-order chi connectivity index (χ1) is 24.9. The van der Waals surface area contributed by atoms with E-state index in [1.807, 2.05) is 0 Å². The number of hydrogen-bond acceptors (Lipinski definition) is 11. The first-order valence-electron chi connectivity index (χ1n) is 20.8. The van der Waals surface area contributed by atoms with Crippen LogP contribution in [0.15, 0.2) is 0 Å². The second-order valence-corrected chi connectivity index (χ2v) is 17.0. The third-order valence-corrected chi connectivity index (χ3v) is 13.9. The molecule has 0 radical (unpaired) electrons. The number of rotatable bonds is 20. The minimum atomic E-state index is -0.367. The summed E-state index contributed by atoms with van der Waals surface area (Å²) in [7, 11) is 0. The normalized spacial score (nSPS) is 34.3. The van der Waals surface area contributed by atoms with Crippen LogP contribution in [0.5, 0.6) is 0 Å². The van der Waals surface area contributed by atoms with Crippen molar-refractivity contribution in [2.24, 2.45) is 63.5 Å². The van der Waals surface area contributed by atoms with Crippen molar-refractivity contribution >= 4 is 23.9 Å². The average molecular weight is 734 g/mol. The SMILES string of the molecule is CCCCCCCOC(=O)CC[C@@H](C)[C@H]1CC[C@H]2[C@@H]3[C@H](OC(=O)CCCN)C[C@@H]4C[C@H](OC(=O)CCN)CC[C@]4(C)[C@H]3C[C@H](OC(=O)CCN)[C@]12C. The first-order valence-corrected chi connectivity index (χ1v) is 20.8. The molecule has 0 amide bonds. The summed E-state index contributed by atoms with van der Waals surface area (Å²) in [6.45, 7) is 10.5. The highest BCUT2D eigenvalue weighted by molar-refractivity contribution is 5.71. The number of nitrogens with two attached hydrogens (primary N) is 3. The third-order valence-electron chi connectivity index (χ3n) is 13.9. The molecule has 11 nitrogen and oxygen atoms in total.